The summed E-state index contributed by atoms with van der Waals surface area (Å²) in [6.07, 6.45) is 9.52. The molecule has 1 aromatic rings. The Morgan fingerprint density at radius 2 is 2.08 bits per heavy atom. The average molecular weight is 332 g/mol. The molecule has 3 rings (SSSR count). The zero-order chi connectivity index (χ0) is 16.9. The minimum atomic E-state index is 0.281. The van der Waals surface area contributed by atoms with Crippen molar-refractivity contribution in [3.63, 3.8) is 0 Å². The van der Waals surface area contributed by atoms with Gasteiger partial charge in [0.1, 0.15) is 0 Å². The van der Waals surface area contributed by atoms with Gasteiger partial charge in [0, 0.05) is 33.0 Å². The minimum Gasteiger partial charge on any atom is -0.340 e. The number of piperidine rings is 1. The highest BCUT2D eigenvalue weighted by molar-refractivity contribution is 5.76. The number of carbonyl (C=O) groups is 1. The van der Waals surface area contributed by atoms with Crippen LogP contribution in [0.15, 0.2) is 6.07 Å². The van der Waals surface area contributed by atoms with E-state index in [1.807, 2.05) is 23.7 Å². The fourth-order valence-electron chi connectivity index (χ4n) is 4.11. The lowest BCUT2D eigenvalue weighted by atomic mass is 9.87. The van der Waals surface area contributed by atoms with E-state index in [1.54, 1.807) is 0 Å². The van der Waals surface area contributed by atoms with Crippen molar-refractivity contribution in [3.8, 4) is 0 Å². The van der Waals surface area contributed by atoms with Gasteiger partial charge in [-0.05, 0) is 44.2 Å². The number of amides is 1. The van der Waals surface area contributed by atoms with Gasteiger partial charge in [-0.1, -0.05) is 19.3 Å². The van der Waals surface area contributed by atoms with Crippen LogP contribution in [0.4, 0.5) is 0 Å². The third-order valence-corrected chi connectivity index (χ3v) is 5.72. The number of hydrogen-bond acceptors (Lipinski definition) is 3. The van der Waals surface area contributed by atoms with Crippen LogP contribution in [0, 0.1) is 5.92 Å². The van der Waals surface area contributed by atoms with E-state index in [2.05, 4.69) is 11.4 Å². The molecule has 5 nitrogen and oxygen atoms in total. The first-order valence-corrected chi connectivity index (χ1v) is 9.61. The number of rotatable bonds is 5. The predicted octanol–water partition coefficient (Wildman–Crippen LogP) is 2.82. The Bertz CT molecular complexity index is 542. The normalized spacial score (nSPS) is 22.5. The van der Waals surface area contributed by atoms with Crippen molar-refractivity contribution in [3.05, 3.63) is 17.5 Å². The van der Waals surface area contributed by atoms with Crippen LogP contribution in [0.5, 0.6) is 0 Å². The van der Waals surface area contributed by atoms with E-state index in [0.29, 0.717) is 24.8 Å². The van der Waals surface area contributed by atoms with Gasteiger partial charge < -0.3 is 10.2 Å². The highest BCUT2D eigenvalue weighted by Crippen LogP contribution is 2.27. The zero-order valence-corrected chi connectivity index (χ0v) is 15.3. The Morgan fingerprint density at radius 3 is 2.79 bits per heavy atom. The van der Waals surface area contributed by atoms with E-state index in [-0.39, 0.29) is 5.91 Å². The molecule has 0 bridgehead atoms. The van der Waals surface area contributed by atoms with E-state index in [9.17, 15) is 4.79 Å². The topological polar surface area (TPSA) is 50.2 Å². The molecule has 1 aliphatic carbocycles. The van der Waals surface area contributed by atoms with Crippen molar-refractivity contribution in [2.24, 2.45) is 13.0 Å². The molecule has 134 valence electrons. The van der Waals surface area contributed by atoms with Crippen molar-refractivity contribution >= 4 is 5.91 Å². The van der Waals surface area contributed by atoms with Gasteiger partial charge in [0.25, 0.3) is 0 Å². The van der Waals surface area contributed by atoms with Crippen LogP contribution in [-0.2, 0) is 18.4 Å². The number of aromatic nitrogens is 2. The van der Waals surface area contributed by atoms with E-state index in [4.69, 9.17) is 5.10 Å². The van der Waals surface area contributed by atoms with E-state index in [1.165, 1.54) is 50.6 Å². The first-order chi connectivity index (χ1) is 11.6. The maximum atomic E-state index is 12.5. The Hall–Kier alpha value is -1.36. The summed E-state index contributed by atoms with van der Waals surface area (Å²) in [5.41, 5.74) is 2.31. The quantitative estimate of drug-likeness (QED) is 0.902. The van der Waals surface area contributed by atoms with E-state index < -0.39 is 0 Å². The Labute approximate surface area is 145 Å². The van der Waals surface area contributed by atoms with Gasteiger partial charge in [-0.25, -0.2) is 0 Å². The molecular weight excluding hydrogens is 300 g/mol. The predicted molar refractivity (Wildman–Crippen MR) is 95.7 cm³/mol. The summed E-state index contributed by atoms with van der Waals surface area (Å²) in [5, 5.41) is 8.15. The summed E-state index contributed by atoms with van der Waals surface area (Å²) >= 11 is 0. The van der Waals surface area contributed by atoms with Crippen LogP contribution in [-0.4, -0.2) is 40.7 Å². The molecule has 2 aliphatic rings. The van der Waals surface area contributed by atoms with Crippen LogP contribution in [0.2, 0.25) is 0 Å². The lowest BCUT2D eigenvalue weighted by molar-refractivity contribution is -0.131. The van der Waals surface area contributed by atoms with E-state index in [0.717, 1.165) is 18.8 Å². The molecule has 0 aromatic carbocycles. The molecule has 0 spiro atoms. The lowest BCUT2D eigenvalue weighted by Crippen LogP contribution is -2.29. The van der Waals surface area contributed by atoms with Crippen LogP contribution < -0.4 is 5.32 Å². The maximum Gasteiger partial charge on any atom is 0.222 e. The van der Waals surface area contributed by atoms with Gasteiger partial charge in [0.15, 0.2) is 0 Å². The Balaban J connectivity index is 1.56. The van der Waals surface area contributed by atoms with Gasteiger partial charge >= 0.3 is 0 Å². The SMILES string of the molecule is CN(Cc1cc([C@H]2CCCNC2)nn1C)C(=O)CC1CCCCC1. The lowest BCUT2D eigenvalue weighted by Gasteiger charge is -2.24. The summed E-state index contributed by atoms with van der Waals surface area (Å²) in [6.45, 7) is 2.80. The smallest absolute Gasteiger partial charge is 0.222 e. The molecule has 1 amide bonds. The molecule has 1 N–H and O–H groups in total. The summed E-state index contributed by atoms with van der Waals surface area (Å²) in [7, 11) is 3.93. The van der Waals surface area contributed by atoms with Crippen molar-refractivity contribution in [1.29, 1.82) is 0 Å². The number of aryl methyl sites for hydroxylation is 1. The average Bonchev–Trinajstić information content (AvgIpc) is 2.97. The Kier molecular flexibility index (Phi) is 5.93. The molecule has 0 radical (unpaired) electrons. The standard InChI is InChI=1S/C19H32N4O/c1-22(19(24)11-15-7-4-3-5-8-15)14-17-12-18(21-23(17)2)16-9-6-10-20-13-16/h12,15-16,20H,3-11,13-14H2,1-2H3/t16-/m0/s1. The van der Waals surface area contributed by atoms with Gasteiger partial charge in [0.05, 0.1) is 17.9 Å². The first-order valence-electron chi connectivity index (χ1n) is 9.61. The second kappa shape index (κ2) is 8.15. The number of nitrogens with one attached hydrogen (secondary N) is 1. The molecule has 2 fully saturated rings. The monoisotopic (exact) mass is 332 g/mol. The fraction of sp³-hybridized carbons (Fsp3) is 0.789. The van der Waals surface area contributed by atoms with Gasteiger partial charge in [0.2, 0.25) is 5.91 Å². The van der Waals surface area contributed by atoms with Crippen LogP contribution in [0.3, 0.4) is 0 Å². The van der Waals surface area contributed by atoms with Crippen LogP contribution >= 0.6 is 0 Å². The van der Waals surface area contributed by atoms with Gasteiger partial charge in [-0.3, -0.25) is 9.48 Å². The highest BCUT2D eigenvalue weighted by Gasteiger charge is 2.22. The third kappa shape index (κ3) is 4.38. The van der Waals surface area contributed by atoms with Crippen molar-refractivity contribution < 1.29 is 4.79 Å². The summed E-state index contributed by atoms with van der Waals surface area (Å²) in [5.74, 6) is 1.40. The molecular formula is C19H32N4O. The largest absolute Gasteiger partial charge is 0.340 e. The molecule has 24 heavy (non-hydrogen) atoms. The zero-order valence-electron chi connectivity index (χ0n) is 15.3. The van der Waals surface area contributed by atoms with Crippen molar-refractivity contribution in [2.75, 3.05) is 20.1 Å². The van der Waals surface area contributed by atoms with Crippen LogP contribution in [0.25, 0.3) is 0 Å². The van der Waals surface area contributed by atoms with E-state index >= 15 is 0 Å². The van der Waals surface area contributed by atoms with Crippen molar-refractivity contribution in [2.45, 2.75) is 63.8 Å². The minimum absolute atomic E-state index is 0.281. The fourth-order valence-corrected chi connectivity index (χ4v) is 4.11. The summed E-state index contributed by atoms with van der Waals surface area (Å²) in [6, 6.07) is 2.20. The van der Waals surface area contributed by atoms with Gasteiger partial charge in [-0.2, -0.15) is 5.10 Å². The number of carbonyl (C=O) groups excluding carboxylic acids is 1. The molecule has 5 heteroatoms. The number of nitrogens with zero attached hydrogens (tertiary/aromatic N) is 3. The second-order valence-electron chi connectivity index (χ2n) is 7.69. The summed E-state index contributed by atoms with van der Waals surface area (Å²) < 4.78 is 1.95. The third-order valence-electron chi connectivity index (χ3n) is 5.72. The molecule has 0 unspecified atom stereocenters. The van der Waals surface area contributed by atoms with Crippen LogP contribution in [0.1, 0.15) is 68.7 Å². The Morgan fingerprint density at radius 1 is 1.29 bits per heavy atom. The molecule has 1 atom stereocenters. The van der Waals surface area contributed by atoms with Gasteiger partial charge in [-0.15, -0.1) is 0 Å². The first kappa shape index (κ1) is 17.5. The number of hydrogen-bond donors (Lipinski definition) is 1. The molecule has 1 saturated heterocycles. The molecule has 1 saturated carbocycles. The van der Waals surface area contributed by atoms with Crippen molar-refractivity contribution in [1.82, 2.24) is 20.0 Å². The maximum absolute atomic E-state index is 12.5. The highest BCUT2D eigenvalue weighted by atomic mass is 16.2. The summed E-state index contributed by atoms with van der Waals surface area (Å²) in [4.78, 5) is 14.4. The molecule has 1 aromatic heterocycles. The molecule has 1 aliphatic heterocycles. The molecule has 2 heterocycles. The second-order valence-corrected chi connectivity index (χ2v) is 7.69.